The summed E-state index contributed by atoms with van der Waals surface area (Å²) >= 11 is 0. The summed E-state index contributed by atoms with van der Waals surface area (Å²) in [5.74, 6) is 0.0486. The smallest absolute Gasteiger partial charge is 0.361 e. The van der Waals surface area contributed by atoms with E-state index in [0.29, 0.717) is 5.56 Å². The van der Waals surface area contributed by atoms with Crippen molar-refractivity contribution in [2.75, 3.05) is 0 Å². The Morgan fingerprint density at radius 3 is 2.33 bits per heavy atom. The van der Waals surface area contributed by atoms with Crippen LogP contribution < -0.4 is 9.92 Å². The molecule has 1 rings (SSSR count). The molecule has 0 unspecified atom stereocenters. The van der Waals surface area contributed by atoms with E-state index in [4.69, 9.17) is 10.3 Å². The van der Waals surface area contributed by atoms with E-state index in [1.165, 1.54) is 6.07 Å². The summed E-state index contributed by atoms with van der Waals surface area (Å²) in [5, 5.41) is 0. The maximum atomic E-state index is 10.4. The lowest BCUT2D eigenvalue weighted by Crippen LogP contribution is -2.09. The van der Waals surface area contributed by atoms with Crippen molar-refractivity contribution in [1.82, 2.24) is 0 Å². The Hall–Kier alpha value is -1.11. The fourth-order valence-electron chi connectivity index (χ4n) is 0.867. The lowest BCUT2D eigenvalue weighted by atomic mass is 10.2. The number of hydrogen-bond acceptors (Lipinski definition) is 4. The van der Waals surface area contributed by atoms with Crippen LogP contribution in [-0.2, 0) is 16.9 Å². The van der Waals surface area contributed by atoms with Gasteiger partial charge in [-0.3, -0.25) is 4.55 Å². The molecule has 0 aliphatic carbocycles. The predicted octanol–water partition coefficient (Wildman–Crippen LogP) is 1.35. The summed E-state index contributed by atoms with van der Waals surface area (Å²) in [6.45, 7) is 4.14. The van der Waals surface area contributed by atoms with Gasteiger partial charge in [0.25, 0.3) is 0 Å². The van der Waals surface area contributed by atoms with E-state index in [-0.39, 0.29) is 12.3 Å². The van der Waals surface area contributed by atoms with Crippen LogP contribution in [0.15, 0.2) is 24.3 Å². The molecule has 0 radical (unpaired) electrons. The molecule has 3 N–H and O–H groups in total. The van der Waals surface area contributed by atoms with Gasteiger partial charge >= 0.3 is 10.4 Å². The summed E-state index contributed by atoms with van der Waals surface area (Å²) in [7, 11) is -4.47. The van der Waals surface area contributed by atoms with Crippen molar-refractivity contribution in [3.63, 3.8) is 0 Å². The second kappa shape index (κ2) is 6.39. The van der Waals surface area contributed by atoms with Crippen LogP contribution in [0.1, 0.15) is 19.4 Å². The summed E-state index contributed by atoms with van der Waals surface area (Å²) in [5.41, 5.74) is 5.83. The Kier molecular flexibility index (Phi) is 5.92. The van der Waals surface area contributed by atoms with Gasteiger partial charge in [-0.1, -0.05) is 32.0 Å². The number of benzene rings is 1. The second-order valence-corrected chi connectivity index (χ2v) is 3.35. The monoisotopic (exact) mass is 233 g/mol. The topological polar surface area (TPSA) is 89.6 Å². The van der Waals surface area contributed by atoms with E-state index < -0.39 is 10.4 Å². The van der Waals surface area contributed by atoms with Crippen LogP contribution in [0.25, 0.3) is 0 Å². The zero-order valence-corrected chi connectivity index (χ0v) is 9.49. The van der Waals surface area contributed by atoms with Gasteiger partial charge in [-0.05, 0) is 6.07 Å². The molecule has 86 valence electrons. The molecule has 0 aliphatic heterocycles. The minimum atomic E-state index is -4.47. The maximum Gasteiger partial charge on any atom is 0.446 e. The fraction of sp³-hybridized carbons (Fsp3) is 0.333. The summed E-state index contributed by atoms with van der Waals surface area (Å²) in [4.78, 5) is 0. The highest BCUT2D eigenvalue weighted by atomic mass is 32.3. The van der Waals surface area contributed by atoms with E-state index in [1.807, 2.05) is 13.8 Å². The quantitative estimate of drug-likeness (QED) is 0.769. The van der Waals surface area contributed by atoms with Crippen LogP contribution in [0.2, 0.25) is 0 Å². The third kappa shape index (κ3) is 5.36. The fourth-order valence-corrected chi connectivity index (χ4v) is 1.26. The van der Waals surface area contributed by atoms with Crippen molar-refractivity contribution < 1.29 is 17.2 Å². The number of para-hydroxylation sites is 1. The molecule has 1 aromatic rings. The highest BCUT2D eigenvalue weighted by Gasteiger charge is 2.09. The molecule has 0 fully saturated rings. The van der Waals surface area contributed by atoms with Crippen LogP contribution in [0.4, 0.5) is 0 Å². The van der Waals surface area contributed by atoms with Crippen molar-refractivity contribution in [2.45, 2.75) is 20.4 Å². The predicted molar refractivity (Wildman–Crippen MR) is 57.9 cm³/mol. The van der Waals surface area contributed by atoms with Gasteiger partial charge in [0.05, 0.1) is 0 Å². The van der Waals surface area contributed by atoms with Crippen molar-refractivity contribution in [3.05, 3.63) is 29.8 Å². The van der Waals surface area contributed by atoms with E-state index in [9.17, 15) is 8.42 Å². The Morgan fingerprint density at radius 2 is 1.87 bits per heavy atom. The third-order valence-electron chi connectivity index (χ3n) is 1.39. The van der Waals surface area contributed by atoms with Crippen LogP contribution in [0, 0.1) is 0 Å². The lowest BCUT2D eigenvalue weighted by Gasteiger charge is -2.05. The third-order valence-corrected chi connectivity index (χ3v) is 1.78. The molecule has 5 nitrogen and oxygen atoms in total. The highest BCUT2D eigenvalue weighted by Crippen LogP contribution is 2.18. The van der Waals surface area contributed by atoms with Gasteiger partial charge in [-0.25, -0.2) is 0 Å². The first-order chi connectivity index (χ1) is 7.03. The van der Waals surface area contributed by atoms with Crippen molar-refractivity contribution in [3.8, 4) is 5.75 Å². The molecule has 0 aromatic heterocycles. The van der Waals surface area contributed by atoms with Crippen molar-refractivity contribution >= 4 is 10.4 Å². The molecule has 0 aliphatic rings. The van der Waals surface area contributed by atoms with Gasteiger partial charge < -0.3 is 9.92 Å². The average molecular weight is 233 g/mol. The number of hydrogen-bond donors (Lipinski definition) is 2. The van der Waals surface area contributed by atoms with Crippen LogP contribution in [-0.4, -0.2) is 13.0 Å². The van der Waals surface area contributed by atoms with E-state index in [2.05, 4.69) is 4.18 Å². The van der Waals surface area contributed by atoms with Gasteiger partial charge in [0.15, 0.2) is 0 Å². The van der Waals surface area contributed by atoms with Gasteiger partial charge in [0.2, 0.25) is 0 Å². The maximum absolute atomic E-state index is 10.4. The highest BCUT2D eigenvalue weighted by molar-refractivity contribution is 7.81. The van der Waals surface area contributed by atoms with Crippen LogP contribution >= 0.6 is 0 Å². The van der Waals surface area contributed by atoms with Gasteiger partial charge in [-0.15, -0.1) is 0 Å². The van der Waals surface area contributed by atoms with Crippen LogP contribution in [0.3, 0.4) is 0 Å². The Balaban J connectivity index is 0.000000921. The molecule has 0 amide bonds. The molecule has 0 saturated heterocycles. The Bertz CT molecular complexity index is 389. The van der Waals surface area contributed by atoms with Crippen molar-refractivity contribution in [2.24, 2.45) is 5.73 Å². The molecule has 15 heavy (non-hydrogen) atoms. The molecule has 1 aromatic carbocycles. The SMILES string of the molecule is CC.NCc1ccccc1OS(=O)(=O)O. The normalized spacial score (nSPS) is 10.1. The lowest BCUT2D eigenvalue weighted by molar-refractivity contribution is 0.385. The van der Waals surface area contributed by atoms with Crippen molar-refractivity contribution in [1.29, 1.82) is 0 Å². The minimum absolute atomic E-state index is 0.0486. The summed E-state index contributed by atoms with van der Waals surface area (Å²) in [6.07, 6.45) is 0. The van der Waals surface area contributed by atoms with Gasteiger partial charge in [0.1, 0.15) is 5.75 Å². The first-order valence-electron chi connectivity index (χ1n) is 4.48. The molecule has 0 atom stereocenters. The second-order valence-electron chi connectivity index (χ2n) is 2.32. The number of nitrogens with two attached hydrogens (primary N) is 1. The average Bonchev–Trinajstić information content (AvgIpc) is 2.19. The first-order valence-corrected chi connectivity index (χ1v) is 5.84. The van der Waals surface area contributed by atoms with Gasteiger partial charge in [-0.2, -0.15) is 8.42 Å². The van der Waals surface area contributed by atoms with Crippen LogP contribution in [0.5, 0.6) is 5.75 Å². The number of rotatable bonds is 3. The summed E-state index contributed by atoms with van der Waals surface area (Å²) in [6, 6.07) is 6.30. The standard InChI is InChI=1S/C7H9NO4S.C2H6/c8-5-6-3-1-2-4-7(6)12-13(9,10)11;1-2/h1-4H,5,8H2,(H,9,10,11);1-2H3. The molecular formula is C9H15NO4S. The first kappa shape index (κ1) is 13.9. The molecule has 0 spiro atoms. The summed E-state index contributed by atoms with van der Waals surface area (Å²) < 4.78 is 33.4. The van der Waals surface area contributed by atoms with E-state index in [0.717, 1.165) is 0 Å². The molecule has 0 heterocycles. The molecule has 6 heteroatoms. The Labute approximate surface area is 89.8 Å². The molecule has 0 bridgehead atoms. The van der Waals surface area contributed by atoms with E-state index >= 15 is 0 Å². The zero-order chi connectivity index (χ0) is 11.9. The van der Waals surface area contributed by atoms with Gasteiger partial charge in [0, 0.05) is 12.1 Å². The molecular weight excluding hydrogens is 218 g/mol. The minimum Gasteiger partial charge on any atom is -0.361 e. The zero-order valence-electron chi connectivity index (χ0n) is 8.67. The van der Waals surface area contributed by atoms with E-state index in [1.54, 1.807) is 18.2 Å². The largest absolute Gasteiger partial charge is 0.446 e. The molecule has 0 saturated carbocycles. The Morgan fingerprint density at radius 1 is 1.33 bits per heavy atom.